The normalized spacial score (nSPS) is 9.89. The molecule has 3 amide bonds. The Morgan fingerprint density at radius 3 is 2.18 bits per heavy atom. The van der Waals surface area contributed by atoms with Gasteiger partial charge in [-0.15, -0.1) is 0 Å². The number of anilines is 1. The molecule has 146 valence electrons. The van der Waals surface area contributed by atoms with E-state index >= 15 is 0 Å². The van der Waals surface area contributed by atoms with Crippen LogP contribution in [0.2, 0.25) is 0 Å². The lowest BCUT2D eigenvalue weighted by Gasteiger charge is -2.08. The molecule has 0 saturated heterocycles. The van der Waals surface area contributed by atoms with Gasteiger partial charge in [0, 0.05) is 17.7 Å². The molecule has 2 aromatic carbocycles. The van der Waals surface area contributed by atoms with Crippen LogP contribution < -0.4 is 16.2 Å². The zero-order valence-corrected chi connectivity index (χ0v) is 14.7. The summed E-state index contributed by atoms with van der Waals surface area (Å²) in [6.07, 6.45) is -0.404. The molecule has 3 N–H and O–H groups in total. The van der Waals surface area contributed by atoms with Gasteiger partial charge in [-0.25, -0.2) is 4.39 Å². The highest BCUT2D eigenvalue weighted by Crippen LogP contribution is 2.09. The fourth-order valence-corrected chi connectivity index (χ4v) is 2.01. The molecule has 0 spiro atoms. The van der Waals surface area contributed by atoms with Gasteiger partial charge < -0.3 is 10.1 Å². The van der Waals surface area contributed by atoms with Gasteiger partial charge in [0.05, 0.1) is 6.42 Å². The number of amides is 3. The Balaban J connectivity index is 1.62. The highest BCUT2D eigenvalue weighted by Gasteiger charge is 2.12. The summed E-state index contributed by atoms with van der Waals surface area (Å²) >= 11 is 0. The molecule has 0 aliphatic heterocycles. The maximum atomic E-state index is 12.8. The number of benzene rings is 2. The number of hydrogen-bond donors (Lipinski definition) is 3. The van der Waals surface area contributed by atoms with Gasteiger partial charge in [-0.3, -0.25) is 30.0 Å². The smallest absolute Gasteiger partial charge is 0.306 e. The van der Waals surface area contributed by atoms with Crippen molar-refractivity contribution in [2.45, 2.75) is 12.8 Å². The molecule has 0 radical (unpaired) electrons. The van der Waals surface area contributed by atoms with E-state index in [1.54, 1.807) is 30.3 Å². The third-order valence-corrected chi connectivity index (χ3v) is 3.40. The van der Waals surface area contributed by atoms with Crippen LogP contribution in [0, 0.1) is 5.82 Å². The van der Waals surface area contributed by atoms with Crippen molar-refractivity contribution in [2.24, 2.45) is 0 Å². The number of rotatable bonds is 7. The maximum Gasteiger partial charge on any atom is 0.306 e. The molecule has 28 heavy (non-hydrogen) atoms. The summed E-state index contributed by atoms with van der Waals surface area (Å²) in [5.74, 6) is -2.88. The maximum absolute atomic E-state index is 12.8. The van der Waals surface area contributed by atoms with E-state index in [0.29, 0.717) is 11.3 Å². The monoisotopic (exact) mass is 387 g/mol. The summed E-state index contributed by atoms with van der Waals surface area (Å²) in [6, 6.07) is 13.4. The predicted molar refractivity (Wildman–Crippen MR) is 97.3 cm³/mol. The average Bonchev–Trinajstić information content (AvgIpc) is 2.71. The van der Waals surface area contributed by atoms with Crippen LogP contribution in [0.1, 0.15) is 23.2 Å². The Bertz CT molecular complexity index is 840. The van der Waals surface area contributed by atoms with Crippen LogP contribution in [0.25, 0.3) is 0 Å². The molecule has 0 aromatic heterocycles. The number of nitrogens with one attached hydrogen (secondary N) is 3. The fraction of sp³-hybridized carbons (Fsp3) is 0.158. The summed E-state index contributed by atoms with van der Waals surface area (Å²) in [7, 11) is 0. The van der Waals surface area contributed by atoms with Gasteiger partial charge >= 0.3 is 5.97 Å². The van der Waals surface area contributed by atoms with E-state index in [1.165, 1.54) is 24.3 Å². The van der Waals surface area contributed by atoms with Crippen LogP contribution in [0.15, 0.2) is 54.6 Å². The molecule has 0 fully saturated rings. The van der Waals surface area contributed by atoms with Crippen molar-refractivity contribution in [3.05, 3.63) is 66.0 Å². The minimum Gasteiger partial charge on any atom is -0.455 e. The summed E-state index contributed by atoms with van der Waals surface area (Å²) in [4.78, 5) is 46.6. The Kier molecular flexibility index (Phi) is 7.64. The second-order valence-corrected chi connectivity index (χ2v) is 5.58. The summed E-state index contributed by atoms with van der Waals surface area (Å²) in [5.41, 5.74) is 5.05. The van der Waals surface area contributed by atoms with Gasteiger partial charge in [0.2, 0.25) is 5.91 Å². The Hall–Kier alpha value is -3.75. The lowest BCUT2D eigenvalue weighted by Crippen LogP contribution is -2.43. The zero-order chi connectivity index (χ0) is 20.4. The van der Waals surface area contributed by atoms with E-state index in [4.69, 9.17) is 4.74 Å². The van der Waals surface area contributed by atoms with E-state index in [0.717, 1.165) is 0 Å². The minimum atomic E-state index is -0.751. The number of hydrazine groups is 1. The second kappa shape index (κ2) is 10.4. The fourth-order valence-electron chi connectivity index (χ4n) is 2.01. The van der Waals surface area contributed by atoms with Crippen molar-refractivity contribution in [3.63, 3.8) is 0 Å². The molecule has 9 heteroatoms. The first-order valence-electron chi connectivity index (χ1n) is 8.29. The molecular formula is C19H18FN3O5. The number of hydrogen-bond acceptors (Lipinski definition) is 5. The van der Waals surface area contributed by atoms with E-state index in [1.807, 2.05) is 0 Å². The number of carbonyl (C=O) groups is 4. The summed E-state index contributed by atoms with van der Waals surface area (Å²) in [6.45, 7) is -0.604. The molecule has 0 aliphatic rings. The molecule has 2 aromatic rings. The molecule has 2 rings (SSSR count). The number of ether oxygens (including phenoxy) is 1. The number of halogens is 1. The van der Waals surface area contributed by atoms with E-state index in [9.17, 15) is 23.6 Å². The lowest BCUT2D eigenvalue weighted by molar-refractivity contribution is -0.149. The average molecular weight is 387 g/mol. The first-order chi connectivity index (χ1) is 13.4. The first kappa shape index (κ1) is 20.6. The van der Waals surface area contributed by atoms with Crippen LogP contribution >= 0.6 is 0 Å². The molecule has 0 bridgehead atoms. The summed E-state index contributed by atoms with van der Waals surface area (Å²) in [5, 5.41) is 2.50. The van der Waals surface area contributed by atoms with Crippen molar-refractivity contribution < 1.29 is 28.3 Å². The second-order valence-electron chi connectivity index (χ2n) is 5.58. The molecular weight excluding hydrogens is 369 g/mol. The van der Waals surface area contributed by atoms with Crippen LogP contribution in [0.4, 0.5) is 10.1 Å². The first-order valence-corrected chi connectivity index (χ1v) is 8.29. The molecule has 0 saturated carbocycles. The van der Waals surface area contributed by atoms with Crippen LogP contribution in [0.5, 0.6) is 0 Å². The quantitative estimate of drug-likeness (QED) is 0.493. The van der Waals surface area contributed by atoms with E-state index < -0.39 is 36.1 Å². The van der Waals surface area contributed by atoms with Gasteiger partial charge in [-0.1, -0.05) is 18.2 Å². The van der Waals surface area contributed by atoms with Crippen molar-refractivity contribution in [1.82, 2.24) is 10.9 Å². The highest BCUT2D eigenvalue weighted by molar-refractivity contribution is 5.95. The SMILES string of the molecule is O=C(COC(=O)CCC(=O)Nc1ccc(F)cc1)NNC(=O)c1ccccc1. The van der Waals surface area contributed by atoms with Gasteiger partial charge in [-0.05, 0) is 36.4 Å². The van der Waals surface area contributed by atoms with Gasteiger partial charge in [-0.2, -0.15) is 0 Å². The topological polar surface area (TPSA) is 114 Å². The number of carbonyl (C=O) groups excluding carboxylic acids is 4. The third kappa shape index (κ3) is 7.24. The standard InChI is InChI=1S/C19H18FN3O5/c20-14-6-8-15(9-7-14)21-16(24)10-11-18(26)28-12-17(25)22-23-19(27)13-4-2-1-3-5-13/h1-9H,10-12H2,(H,21,24)(H,22,25)(H,23,27). The van der Waals surface area contributed by atoms with E-state index in [-0.39, 0.29) is 12.8 Å². The predicted octanol–water partition coefficient (Wildman–Crippen LogP) is 1.55. The van der Waals surface area contributed by atoms with Gasteiger partial charge in [0.15, 0.2) is 6.61 Å². The van der Waals surface area contributed by atoms with Gasteiger partial charge in [0.25, 0.3) is 11.8 Å². The molecule has 0 unspecified atom stereocenters. The Morgan fingerprint density at radius 2 is 1.50 bits per heavy atom. The van der Waals surface area contributed by atoms with Gasteiger partial charge in [0.1, 0.15) is 5.82 Å². The zero-order valence-electron chi connectivity index (χ0n) is 14.7. The molecule has 8 nitrogen and oxygen atoms in total. The van der Waals surface area contributed by atoms with E-state index in [2.05, 4.69) is 16.2 Å². The van der Waals surface area contributed by atoms with Crippen molar-refractivity contribution in [2.75, 3.05) is 11.9 Å². The van der Waals surface area contributed by atoms with Crippen LogP contribution in [-0.4, -0.2) is 30.3 Å². The lowest BCUT2D eigenvalue weighted by atomic mass is 10.2. The van der Waals surface area contributed by atoms with Crippen molar-refractivity contribution in [1.29, 1.82) is 0 Å². The van der Waals surface area contributed by atoms with Crippen LogP contribution in [0.3, 0.4) is 0 Å². The van der Waals surface area contributed by atoms with Crippen molar-refractivity contribution in [3.8, 4) is 0 Å². The minimum absolute atomic E-state index is 0.164. The van der Waals surface area contributed by atoms with Crippen LogP contribution in [-0.2, 0) is 19.1 Å². The molecule has 0 atom stereocenters. The Morgan fingerprint density at radius 1 is 0.821 bits per heavy atom. The third-order valence-electron chi connectivity index (χ3n) is 3.40. The highest BCUT2D eigenvalue weighted by atomic mass is 19.1. The largest absolute Gasteiger partial charge is 0.455 e. The summed E-state index contributed by atoms with van der Waals surface area (Å²) < 4.78 is 17.5. The van der Waals surface area contributed by atoms with Crippen molar-refractivity contribution >= 4 is 29.4 Å². The molecule has 0 heterocycles. The number of esters is 1. The Labute approximate surface area is 160 Å². The molecule has 0 aliphatic carbocycles.